The van der Waals surface area contributed by atoms with Crippen molar-refractivity contribution >= 4 is 40.1 Å². The Balaban J connectivity index is 2.09. The fraction of sp³-hybridized carbons (Fsp3) is 0.222. The first-order valence-electron chi connectivity index (χ1n) is 7.87. The summed E-state index contributed by atoms with van der Waals surface area (Å²) in [5.41, 5.74) is 0.555. The first-order chi connectivity index (χ1) is 12.6. The number of nitrogens with zero attached hydrogens (tertiary/aromatic N) is 2. The molecule has 0 aliphatic carbocycles. The molecule has 0 amide bonds. The van der Waals surface area contributed by atoms with Crippen molar-refractivity contribution in [1.82, 2.24) is 9.78 Å². The molecule has 4 nitrogen and oxygen atoms in total. The van der Waals surface area contributed by atoms with Gasteiger partial charge in [0.1, 0.15) is 0 Å². The smallest absolute Gasteiger partial charge is 0.416 e. The van der Waals surface area contributed by atoms with Crippen LogP contribution >= 0.6 is 23.2 Å². The first kappa shape index (κ1) is 19.5. The van der Waals surface area contributed by atoms with Gasteiger partial charge in [0.05, 0.1) is 29.7 Å². The summed E-state index contributed by atoms with van der Waals surface area (Å²) in [4.78, 5) is 10.9. The molecule has 3 aromatic rings. The fourth-order valence-electron chi connectivity index (χ4n) is 2.82. The van der Waals surface area contributed by atoms with Crippen molar-refractivity contribution in [2.24, 2.45) is 0 Å². The van der Waals surface area contributed by atoms with E-state index < -0.39 is 17.7 Å². The summed E-state index contributed by atoms with van der Waals surface area (Å²) in [6.45, 7) is 0.144. The Morgan fingerprint density at radius 1 is 1.11 bits per heavy atom. The van der Waals surface area contributed by atoms with E-state index in [1.807, 2.05) is 0 Å². The largest absolute Gasteiger partial charge is 0.481 e. The Kier molecular flexibility index (Phi) is 5.35. The average molecular weight is 417 g/mol. The zero-order chi connectivity index (χ0) is 19.8. The Hall–Kier alpha value is -2.25. The van der Waals surface area contributed by atoms with Crippen LogP contribution in [0.3, 0.4) is 0 Å². The van der Waals surface area contributed by atoms with E-state index in [9.17, 15) is 18.0 Å². The number of halogens is 5. The topological polar surface area (TPSA) is 55.1 Å². The molecule has 142 valence electrons. The van der Waals surface area contributed by atoms with Crippen molar-refractivity contribution in [3.8, 4) is 0 Å². The molecule has 0 aliphatic rings. The molecule has 0 unspecified atom stereocenters. The molecule has 0 saturated heterocycles. The third kappa shape index (κ3) is 4.54. The van der Waals surface area contributed by atoms with Gasteiger partial charge in [-0.1, -0.05) is 29.3 Å². The Bertz CT molecular complexity index is 995. The molecule has 1 aromatic heterocycles. The molecule has 2 aromatic carbocycles. The van der Waals surface area contributed by atoms with Crippen molar-refractivity contribution in [2.45, 2.75) is 25.6 Å². The minimum Gasteiger partial charge on any atom is -0.481 e. The summed E-state index contributed by atoms with van der Waals surface area (Å²) in [6, 6.07) is 8.14. The monoisotopic (exact) mass is 416 g/mol. The minimum absolute atomic E-state index is 0.112. The standard InChI is InChI=1S/C18H13Cl2F3N2O2/c19-12-5-10(6-13(20)8-12)9-25-16-7-11(18(21,22)23)1-2-14(16)15(24-25)3-4-17(26)27/h1-2,5-8H,3-4,9H2,(H,26,27). The highest BCUT2D eigenvalue weighted by Gasteiger charge is 2.31. The Morgan fingerprint density at radius 3 is 2.37 bits per heavy atom. The maximum Gasteiger partial charge on any atom is 0.416 e. The summed E-state index contributed by atoms with van der Waals surface area (Å²) in [7, 11) is 0. The molecule has 1 heterocycles. The molecule has 0 radical (unpaired) electrons. The number of benzene rings is 2. The van der Waals surface area contributed by atoms with E-state index in [0.29, 0.717) is 26.7 Å². The Morgan fingerprint density at radius 2 is 1.78 bits per heavy atom. The lowest BCUT2D eigenvalue weighted by molar-refractivity contribution is -0.138. The SMILES string of the molecule is O=C(O)CCc1nn(Cc2cc(Cl)cc(Cl)c2)c2cc(C(F)(F)F)ccc12. The molecular weight excluding hydrogens is 404 g/mol. The molecule has 0 fully saturated rings. The van der Waals surface area contributed by atoms with E-state index in [1.54, 1.807) is 18.2 Å². The summed E-state index contributed by atoms with van der Waals surface area (Å²) in [5.74, 6) is -1.01. The first-order valence-corrected chi connectivity index (χ1v) is 8.62. The van der Waals surface area contributed by atoms with E-state index in [-0.39, 0.29) is 24.9 Å². The highest BCUT2D eigenvalue weighted by molar-refractivity contribution is 6.34. The van der Waals surface area contributed by atoms with Crippen molar-refractivity contribution in [2.75, 3.05) is 0 Å². The average Bonchev–Trinajstić information content (AvgIpc) is 2.88. The van der Waals surface area contributed by atoms with Crippen molar-refractivity contribution in [3.05, 3.63) is 63.3 Å². The molecule has 1 N–H and O–H groups in total. The summed E-state index contributed by atoms with van der Waals surface area (Å²) >= 11 is 12.0. The quantitative estimate of drug-likeness (QED) is 0.603. The van der Waals surface area contributed by atoms with Crippen molar-refractivity contribution in [3.63, 3.8) is 0 Å². The number of carbonyl (C=O) groups is 1. The highest BCUT2D eigenvalue weighted by atomic mass is 35.5. The van der Waals surface area contributed by atoms with Crippen LogP contribution in [0, 0.1) is 0 Å². The molecule has 3 rings (SSSR count). The zero-order valence-corrected chi connectivity index (χ0v) is 15.2. The summed E-state index contributed by atoms with van der Waals surface area (Å²) in [5, 5.41) is 14.5. The van der Waals surface area contributed by atoms with Crippen LogP contribution in [0.4, 0.5) is 13.2 Å². The number of aromatic nitrogens is 2. The van der Waals surface area contributed by atoms with Crippen molar-refractivity contribution < 1.29 is 23.1 Å². The van der Waals surface area contributed by atoms with Gasteiger partial charge in [-0.25, -0.2) is 0 Å². The van der Waals surface area contributed by atoms with Crippen LogP contribution in [0.15, 0.2) is 36.4 Å². The molecular formula is C18H13Cl2F3N2O2. The van der Waals surface area contributed by atoms with Crippen LogP contribution in [0.25, 0.3) is 10.9 Å². The van der Waals surface area contributed by atoms with E-state index in [2.05, 4.69) is 5.10 Å². The molecule has 0 saturated carbocycles. The number of alkyl halides is 3. The number of aliphatic carboxylic acids is 1. The lowest BCUT2D eigenvalue weighted by atomic mass is 10.1. The van der Waals surface area contributed by atoms with Gasteiger partial charge in [-0.3, -0.25) is 9.48 Å². The molecule has 0 atom stereocenters. The zero-order valence-electron chi connectivity index (χ0n) is 13.7. The number of fused-ring (bicyclic) bond motifs is 1. The van der Waals surface area contributed by atoms with Crippen LogP contribution in [0.1, 0.15) is 23.2 Å². The van der Waals surface area contributed by atoms with Crippen LogP contribution in [-0.2, 0) is 23.9 Å². The van der Waals surface area contributed by atoms with Crippen LogP contribution in [0.5, 0.6) is 0 Å². The lowest BCUT2D eigenvalue weighted by Gasteiger charge is -2.09. The van der Waals surface area contributed by atoms with Crippen molar-refractivity contribution in [1.29, 1.82) is 0 Å². The minimum atomic E-state index is -4.50. The normalized spacial score (nSPS) is 11.9. The van der Waals surface area contributed by atoms with Gasteiger partial charge in [-0.05, 0) is 35.9 Å². The van der Waals surface area contributed by atoms with E-state index in [0.717, 1.165) is 12.1 Å². The Labute approximate surface area is 162 Å². The van der Waals surface area contributed by atoms with E-state index in [1.165, 1.54) is 10.7 Å². The second-order valence-corrected chi connectivity index (χ2v) is 6.88. The van der Waals surface area contributed by atoms with Gasteiger partial charge in [0.2, 0.25) is 0 Å². The fourth-order valence-corrected chi connectivity index (χ4v) is 3.40. The predicted octanol–water partition coefficient (Wildman–Crippen LogP) is 5.43. The van der Waals surface area contributed by atoms with Gasteiger partial charge in [-0.2, -0.15) is 18.3 Å². The van der Waals surface area contributed by atoms with Gasteiger partial charge in [-0.15, -0.1) is 0 Å². The number of carboxylic acid groups (broad SMARTS) is 1. The number of rotatable bonds is 5. The van der Waals surface area contributed by atoms with Gasteiger partial charge < -0.3 is 5.11 Å². The van der Waals surface area contributed by atoms with Gasteiger partial charge >= 0.3 is 12.1 Å². The van der Waals surface area contributed by atoms with Gasteiger partial charge in [0.25, 0.3) is 0 Å². The van der Waals surface area contributed by atoms with Crippen LogP contribution < -0.4 is 0 Å². The maximum atomic E-state index is 13.1. The number of carboxylic acids is 1. The summed E-state index contributed by atoms with van der Waals surface area (Å²) < 4.78 is 40.7. The number of hydrogen-bond acceptors (Lipinski definition) is 2. The third-order valence-corrected chi connectivity index (χ3v) is 4.42. The second-order valence-electron chi connectivity index (χ2n) is 6.01. The second kappa shape index (κ2) is 7.40. The van der Waals surface area contributed by atoms with Crippen LogP contribution in [-0.4, -0.2) is 20.9 Å². The molecule has 27 heavy (non-hydrogen) atoms. The number of aryl methyl sites for hydroxylation is 1. The van der Waals surface area contributed by atoms with Gasteiger partial charge in [0, 0.05) is 21.9 Å². The predicted molar refractivity (Wildman–Crippen MR) is 96.3 cm³/mol. The molecule has 0 spiro atoms. The lowest BCUT2D eigenvalue weighted by Crippen LogP contribution is -2.06. The summed E-state index contributed by atoms with van der Waals surface area (Å²) in [6.07, 6.45) is -4.56. The third-order valence-electron chi connectivity index (χ3n) is 3.99. The molecule has 9 heteroatoms. The maximum absolute atomic E-state index is 13.1. The van der Waals surface area contributed by atoms with Crippen LogP contribution in [0.2, 0.25) is 10.0 Å². The van der Waals surface area contributed by atoms with E-state index in [4.69, 9.17) is 28.3 Å². The molecule has 0 aliphatic heterocycles. The van der Waals surface area contributed by atoms with E-state index >= 15 is 0 Å². The number of hydrogen-bond donors (Lipinski definition) is 1. The highest BCUT2D eigenvalue weighted by Crippen LogP contribution is 2.33. The van der Waals surface area contributed by atoms with Gasteiger partial charge in [0.15, 0.2) is 0 Å². The molecule has 0 bridgehead atoms.